The van der Waals surface area contributed by atoms with Crippen molar-refractivity contribution in [2.45, 2.75) is 38.5 Å². The molecule has 3 heteroatoms. The van der Waals surface area contributed by atoms with E-state index in [0.29, 0.717) is 6.42 Å². The zero-order valence-electron chi connectivity index (χ0n) is 9.64. The minimum absolute atomic E-state index is 0.111. The zero-order chi connectivity index (χ0) is 10.9. The topological polar surface area (TPSA) is 41.1 Å². The highest BCUT2D eigenvalue weighted by atomic mass is 16.1. The van der Waals surface area contributed by atoms with Crippen molar-refractivity contribution in [2.75, 3.05) is 20.1 Å². The molecule has 0 heterocycles. The third-order valence-corrected chi connectivity index (χ3v) is 2.82. The number of carbonyl (C=O) groups excluding carboxylic acids is 1. The molecule has 0 bridgehead atoms. The second-order valence-corrected chi connectivity index (χ2v) is 4.03. The second-order valence-electron chi connectivity index (χ2n) is 4.03. The lowest BCUT2D eigenvalue weighted by Crippen LogP contribution is -2.25. The van der Waals surface area contributed by atoms with Crippen LogP contribution in [0.15, 0.2) is 11.6 Å². The van der Waals surface area contributed by atoms with Crippen LogP contribution in [0.1, 0.15) is 38.5 Å². The van der Waals surface area contributed by atoms with E-state index in [1.807, 2.05) is 0 Å². The predicted molar refractivity (Wildman–Crippen MR) is 62.7 cm³/mol. The van der Waals surface area contributed by atoms with Crippen LogP contribution >= 0.6 is 0 Å². The van der Waals surface area contributed by atoms with E-state index >= 15 is 0 Å². The largest absolute Gasteiger partial charge is 0.359 e. The van der Waals surface area contributed by atoms with Crippen molar-refractivity contribution in [3.05, 3.63) is 11.6 Å². The highest BCUT2D eigenvalue weighted by Gasteiger charge is 2.03. The maximum Gasteiger partial charge on any atom is 0.221 e. The average Bonchev–Trinajstić information content (AvgIpc) is 2.29. The maximum absolute atomic E-state index is 10.9. The molecule has 0 fully saturated rings. The number of hydrogen-bond acceptors (Lipinski definition) is 2. The van der Waals surface area contributed by atoms with Crippen molar-refractivity contribution >= 4 is 5.91 Å². The minimum Gasteiger partial charge on any atom is -0.359 e. The van der Waals surface area contributed by atoms with Crippen LogP contribution in [-0.2, 0) is 4.79 Å². The minimum atomic E-state index is 0.111. The summed E-state index contributed by atoms with van der Waals surface area (Å²) in [4.78, 5) is 10.9. The fourth-order valence-electron chi connectivity index (χ4n) is 1.83. The molecule has 0 aromatic heterocycles. The Kier molecular flexibility index (Phi) is 6.09. The smallest absolute Gasteiger partial charge is 0.221 e. The molecule has 1 aliphatic carbocycles. The van der Waals surface area contributed by atoms with Crippen LogP contribution in [0.4, 0.5) is 0 Å². The van der Waals surface area contributed by atoms with Gasteiger partial charge in [0.05, 0.1) is 0 Å². The van der Waals surface area contributed by atoms with Crippen LogP contribution in [0.5, 0.6) is 0 Å². The van der Waals surface area contributed by atoms with Gasteiger partial charge in [-0.15, -0.1) is 0 Å². The van der Waals surface area contributed by atoms with E-state index in [4.69, 9.17) is 0 Å². The Labute approximate surface area is 92.3 Å². The summed E-state index contributed by atoms with van der Waals surface area (Å²) in [6.07, 6.45) is 9.34. The number of hydrogen-bond donors (Lipinski definition) is 2. The molecule has 0 saturated heterocycles. The number of carbonyl (C=O) groups is 1. The van der Waals surface area contributed by atoms with E-state index in [-0.39, 0.29) is 5.91 Å². The summed E-state index contributed by atoms with van der Waals surface area (Å²) >= 11 is 0. The van der Waals surface area contributed by atoms with E-state index in [1.54, 1.807) is 12.6 Å². The first-order chi connectivity index (χ1) is 7.33. The average molecular weight is 210 g/mol. The van der Waals surface area contributed by atoms with E-state index < -0.39 is 0 Å². The molecular formula is C12H22N2O. The van der Waals surface area contributed by atoms with Gasteiger partial charge in [0, 0.05) is 20.0 Å². The zero-order valence-corrected chi connectivity index (χ0v) is 9.64. The van der Waals surface area contributed by atoms with E-state index in [9.17, 15) is 4.79 Å². The molecule has 15 heavy (non-hydrogen) atoms. The van der Waals surface area contributed by atoms with Gasteiger partial charge in [0.2, 0.25) is 5.91 Å². The Hall–Kier alpha value is -0.830. The molecule has 0 unspecified atom stereocenters. The lowest BCUT2D eigenvalue weighted by atomic mass is 9.97. The first-order valence-corrected chi connectivity index (χ1v) is 5.92. The monoisotopic (exact) mass is 210 g/mol. The molecule has 0 aromatic carbocycles. The molecule has 2 N–H and O–H groups in total. The summed E-state index contributed by atoms with van der Waals surface area (Å²) < 4.78 is 0. The van der Waals surface area contributed by atoms with Gasteiger partial charge in [0.1, 0.15) is 0 Å². The van der Waals surface area contributed by atoms with Crippen LogP contribution in [0, 0.1) is 0 Å². The van der Waals surface area contributed by atoms with Crippen molar-refractivity contribution in [3.8, 4) is 0 Å². The lowest BCUT2D eigenvalue weighted by Gasteiger charge is -2.12. The summed E-state index contributed by atoms with van der Waals surface area (Å²) in [6, 6.07) is 0. The molecule has 0 radical (unpaired) electrons. The molecule has 0 saturated carbocycles. The van der Waals surface area contributed by atoms with Crippen molar-refractivity contribution in [1.29, 1.82) is 0 Å². The summed E-state index contributed by atoms with van der Waals surface area (Å²) in [5, 5.41) is 5.91. The number of nitrogens with one attached hydrogen (secondary N) is 2. The van der Waals surface area contributed by atoms with Crippen molar-refractivity contribution in [3.63, 3.8) is 0 Å². The standard InChI is InChI=1S/C12H22N2O/c1-13-12(15)8-10-14-9-7-11-5-3-2-4-6-11/h5,14H,2-4,6-10H2,1H3,(H,13,15). The van der Waals surface area contributed by atoms with E-state index in [0.717, 1.165) is 19.5 Å². The van der Waals surface area contributed by atoms with Crippen molar-refractivity contribution in [2.24, 2.45) is 0 Å². The van der Waals surface area contributed by atoms with Crippen molar-refractivity contribution in [1.82, 2.24) is 10.6 Å². The third kappa shape index (κ3) is 5.57. The van der Waals surface area contributed by atoms with Gasteiger partial charge in [-0.1, -0.05) is 11.6 Å². The quantitative estimate of drug-likeness (QED) is 0.516. The van der Waals surface area contributed by atoms with Gasteiger partial charge >= 0.3 is 0 Å². The Balaban J connectivity index is 1.96. The van der Waals surface area contributed by atoms with Gasteiger partial charge < -0.3 is 10.6 Å². The molecule has 3 nitrogen and oxygen atoms in total. The van der Waals surface area contributed by atoms with Gasteiger partial charge in [-0.05, 0) is 38.6 Å². The molecule has 1 amide bonds. The van der Waals surface area contributed by atoms with Gasteiger partial charge in [0.15, 0.2) is 0 Å². The number of amides is 1. The Morgan fingerprint density at radius 2 is 2.27 bits per heavy atom. The number of rotatable bonds is 6. The van der Waals surface area contributed by atoms with Crippen LogP contribution < -0.4 is 10.6 Å². The van der Waals surface area contributed by atoms with Gasteiger partial charge in [0.25, 0.3) is 0 Å². The molecule has 0 spiro atoms. The molecule has 0 atom stereocenters. The van der Waals surface area contributed by atoms with Crippen LogP contribution in [0.2, 0.25) is 0 Å². The fourth-order valence-corrected chi connectivity index (χ4v) is 1.83. The molecule has 0 aromatic rings. The van der Waals surface area contributed by atoms with Gasteiger partial charge in [-0.2, -0.15) is 0 Å². The second kappa shape index (κ2) is 7.46. The predicted octanol–water partition coefficient (Wildman–Crippen LogP) is 1.60. The fraction of sp³-hybridized carbons (Fsp3) is 0.750. The Morgan fingerprint density at radius 3 is 2.93 bits per heavy atom. The summed E-state index contributed by atoms with van der Waals surface area (Å²) in [5.41, 5.74) is 1.59. The first kappa shape index (κ1) is 12.2. The maximum atomic E-state index is 10.9. The van der Waals surface area contributed by atoms with E-state index in [1.165, 1.54) is 25.7 Å². The summed E-state index contributed by atoms with van der Waals surface area (Å²) in [6.45, 7) is 1.79. The Morgan fingerprint density at radius 1 is 1.40 bits per heavy atom. The highest BCUT2D eigenvalue weighted by Crippen LogP contribution is 2.19. The molecule has 1 aliphatic rings. The summed E-state index contributed by atoms with van der Waals surface area (Å²) in [5.74, 6) is 0.111. The molecule has 0 aliphatic heterocycles. The van der Waals surface area contributed by atoms with E-state index in [2.05, 4.69) is 16.7 Å². The summed E-state index contributed by atoms with van der Waals surface area (Å²) in [7, 11) is 1.68. The lowest BCUT2D eigenvalue weighted by molar-refractivity contribution is -0.120. The third-order valence-electron chi connectivity index (χ3n) is 2.82. The first-order valence-electron chi connectivity index (χ1n) is 5.92. The number of allylic oxidation sites excluding steroid dienone is 1. The van der Waals surface area contributed by atoms with Gasteiger partial charge in [-0.3, -0.25) is 4.79 Å². The molecule has 86 valence electrons. The van der Waals surface area contributed by atoms with Crippen LogP contribution in [0.25, 0.3) is 0 Å². The van der Waals surface area contributed by atoms with Crippen LogP contribution in [0.3, 0.4) is 0 Å². The van der Waals surface area contributed by atoms with Crippen LogP contribution in [-0.4, -0.2) is 26.0 Å². The van der Waals surface area contributed by atoms with Gasteiger partial charge in [-0.25, -0.2) is 0 Å². The normalized spacial score (nSPS) is 15.9. The van der Waals surface area contributed by atoms with Crippen molar-refractivity contribution < 1.29 is 4.79 Å². The molecule has 1 rings (SSSR count). The molecular weight excluding hydrogens is 188 g/mol. The Bertz CT molecular complexity index is 224. The SMILES string of the molecule is CNC(=O)CCNCCC1=CCCCC1. The highest BCUT2D eigenvalue weighted by molar-refractivity contribution is 5.75.